The van der Waals surface area contributed by atoms with E-state index in [9.17, 15) is 18.0 Å². The number of alkyl halides is 3. The van der Waals surface area contributed by atoms with Crippen LogP contribution in [0.25, 0.3) is 0 Å². The molecule has 2 aromatic carbocycles. The quantitative estimate of drug-likeness (QED) is 0.434. The number of oxime groups is 1. The predicted octanol–water partition coefficient (Wildman–Crippen LogP) is 4.16. The molecule has 0 bridgehead atoms. The third kappa shape index (κ3) is 4.04. The maximum atomic E-state index is 12.8. The van der Waals surface area contributed by atoms with Gasteiger partial charge in [-0.1, -0.05) is 24.3 Å². The molecule has 0 aromatic heterocycles. The van der Waals surface area contributed by atoms with E-state index in [-0.39, 0.29) is 6.04 Å². The van der Waals surface area contributed by atoms with Crippen LogP contribution >= 0.6 is 0 Å². The number of carbonyl (C=O) groups excluding carboxylic acids is 1. The number of amides is 1. The minimum atomic E-state index is -4.89. The largest absolute Gasteiger partial charge is 0.471 e. The van der Waals surface area contributed by atoms with Gasteiger partial charge in [-0.3, -0.25) is 4.79 Å². The Morgan fingerprint density at radius 3 is 2.74 bits per heavy atom. The molecule has 9 heteroatoms. The van der Waals surface area contributed by atoms with E-state index in [0.717, 1.165) is 28.2 Å². The molecule has 2 aromatic rings. The topological polar surface area (TPSA) is 68.2 Å². The molecule has 4 rings (SSSR count). The second kappa shape index (κ2) is 8.13. The first-order valence-electron chi connectivity index (χ1n) is 10.1. The van der Waals surface area contributed by atoms with Gasteiger partial charge in [-0.05, 0) is 42.2 Å². The van der Waals surface area contributed by atoms with Crippen molar-refractivity contribution < 1.29 is 23.2 Å². The van der Waals surface area contributed by atoms with E-state index in [2.05, 4.69) is 20.3 Å². The maximum Gasteiger partial charge on any atom is 0.471 e. The minimum Gasteiger partial charge on any atom is -0.411 e. The van der Waals surface area contributed by atoms with Gasteiger partial charge < -0.3 is 20.3 Å². The van der Waals surface area contributed by atoms with Crippen molar-refractivity contribution in [1.29, 1.82) is 0 Å². The molecule has 6 nitrogen and oxygen atoms in total. The van der Waals surface area contributed by atoms with Gasteiger partial charge in [-0.2, -0.15) is 13.2 Å². The monoisotopic (exact) mass is 432 g/mol. The Morgan fingerprint density at radius 2 is 2.00 bits per heavy atom. The van der Waals surface area contributed by atoms with Gasteiger partial charge in [0, 0.05) is 38.0 Å². The lowest BCUT2D eigenvalue weighted by Gasteiger charge is -2.41. The van der Waals surface area contributed by atoms with Gasteiger partial charge >= 0.3 is 12.1 Å². The van der Waals surface area contributed by atoms with Crippen molar-refractivity contribution in [2.45, 2.75) is 37.5 Å². The predicted molar refractivity (Wildman–Crippen MR) is 112 cm³/mol. The molecule has 31 heavy (non-hydrogen) atoms. The molecule has 2 heterocycles. The molecule has 1 amide bonds. The lowest BCUT2D eigenvalue weighted by molar-refractivity contribution is -0.174. The normalized spacial score (nSPS) is 20.6. The fourth-order valence-electron chi connectivity index (χ4n) is 4.51. The van der Waals surface area contributed by atoms with Crippen LogP contribution in [-0.2, 0) is 11.2 Å². The van der Waals surface area contributed by atoms with E-state index in [4.69, 9.17) is 5.21 Å². The smallest absolute Gasteiger partial charge is 0.411 e. The number of halogens is 3. The maximum absolute atomic E-state index is 12.8. The minimum absolute atomic E-state index is 0.169. The summed E-state index contributed by atoms with van der Waals surface area (Å²) in [5.74, 6) is -1.89. The van der Waals surface area contributed by atoms with Gasteiger partial charge in [-0.25, -0.2) is 0 Å². The van der Waals surface area contributed by atoms with E-state index < -0.39 is 18.1 Å². The average Bonchev–Trinajstić information content (AvgIpc) is 2.85. The SMILES string of the molecule is CN1c2ccccc2[C@H]2C[C@H](NC(=O)C(F)(F)F)CCN2c2ccc(CC=NO)cc21. The Balaban J connectivity index is 1.72. The summed E-state index contributed by atoms with van der Waals surface area (Å²) >= 11 is 0. The lowest BCUT2D eigenvalue weighted by atomic mass is 9.90. The number of hydrogen-bond donors (Lipinski definition) is 2. The number of piperidine rings is 1. The Morgan fingerprint density at radius 1 is 1.23 bits per heavy atom. The van der Waals surface area contributed by atoms with Gasteiger partial charge in [-0.15, -0.1) is 5.16 Å². The Hall–Kier alpha value is -3.23. The second-order valence-electron chi connectivity index (χ2n) is 7.84. The third-order valence-electron chi connectivity index (χ3n) is 5.97. The molecule has 164 valence electrons. The summed E-state index contributed by atoms with van der Waals surface area (Å²) < 4.78 is 38.3. The van der Waals surface area contributed by atoms with Gasteiger partial charge in [0.05, 0.1) is 17.4 Å². The van der Waals surface area contributed by atoms with Crippen molar-refractivity contribution in [2.24, 2.45) is 5.16 Å². The third-order valence-corrected chi connectivity index (χ3v) is 5.97. The number of para-hydroxylation sites is 1. The van der Waals surface area contributed by atoms with E-state index in [0.29, 0.717) is 25.8 Å². The second-order valence-corrected chi connectivity index (χ2v) is 7.84. The summed E-state index contributed by atoms with van der Waals surface area (Å²) in [7, 11) is 1.96. The highest BCUT2D eigenvalue weighted by atomic mass is 19.4. The molecule has 0 spiro atoms. The van der Waals surface area contributed by atoms with Crippen LogP contribution in [0.5, 0.6) is 0 Å². The summed E-state index contributed by atoms with van der Waals surface area (Å²) in [5, 5.41) is 14.0. The van der Waals surface area contributed by atoms with Crippen molar-refractivity contribution in [1.82, 2.24) is 5.32 Å². The van der Waals surface area contributed by atoms with Crippen LogP contribution in [0.3, 0.4) is 0 Å². The molecule has 0 saturated carbocycles. The number of fused-ring (bicyclic) bond motifs is 5. The highest BCUT2D eigenvalue weighted by Gasteiger charge is 2.42. The average molecular weight is 432 g/mol. The number of anilines is 3. The first-order chi connectivity index (χ1) is 14.8. The first kappa shape index (κ1) is 21.0. The molecule has 0 aliphatic carbocycles. The molecular formula is C22H23F3N4O2. The number of hydrogen-bond acceptors (Lipinski definition) is 5. The zero-order chi connectivity index (χ0) is 22.2. The Kier molecular flexibility index (Phi) is 5.51. The van der Waals surface area contributed by atoms with E-state index in [1.165, 1.54) is 6.21 Å². The highest BCUT2D eigenvalue weighted by Crippen LogP contribution is 2.48. The zero-order valence-electron chi connectivity index (χ0n) is 16.9. The highest BCUT2D eigenvalue weighted by molar-refractivity contribution is 5.84. The molecule has 2 atom stereocenters. The molecule has 1 fully saturated rings. The zero-order valence-corrected chi connectivity index (χ0v) is 16.9. The van der Waals surface area contributed by atoms with E-state index in [1.807, 2.05) is 49.5 Å². The standard InChI is InChI=1S/C22H23F3N4O2/c1-28-17-5-3-2-4-16(17)19-13-15(27-21(30)22(23,24)25)9-11-29(19)18-7-6-14(8-10-26-31)12-20(18)28/h2-7,10,12,15,19,31H,8-9,11,13H2,1H3,(H,27,30)/t15-,19-/m1/s1. The number of benzene rings is 2. The Labute approximate surface area is 177 Å². The van der Waals surface area contributed by atoms with Crippen molar-refractivity contribution >= 4 is 29.2 Å². The molecule has 1 saturated heterocycles. The molecule has 0 radical (unpaired) electrons. The molecule has 2 aliphatic heterocycles. The summed E-state index contributed by atoms with van der Waals surface area (Å²) in [6.07, 6.45) is -2.19. The Bertz CT molecular complexity index is 1010. The summed E-state index contributed by atoms with van der Waals surface area (Å²) in [4.78, 5) is 15.8. The molecular weight excluding hydrogens is 409 g/mol. The first-order valence-corrected chi connectivity index (χ1v) is 10.1. The lowest BCUT2D eigenvalue weighted by Crippen LogP contribution is -2.49. The van der Waals surface area contributed by atoms with Crippen molar-refractivity contribution in [3.63, 3.8) is 0 Å². The van der Waals surface area contributed by atoms with Gasteiger partial charge in [0.15, 0.2) is 0 Å². The number of carbonyl (C=O) groups is 1. The molecule has 2 N–H and O–H groups in total. The van der Waals surface area contributed by atoms with E-state index >= 15 is 0 Å². The van der Waals surface area contributed by atoms with Crippen LogP contribution < -0.4 is 15.1 Å². The number of nitrogens with zero attached hydrogens (tertiary/aromatic N) is 3. The molecule has 0 unspecified atom stereocenters. The number of nitrogens with one attached hydrogen (secondary N) is 1. The van der Waals surface area contributed by atoms with Crippen LogP contribution in [0.4, 0.5) is 30.2 Å². The summed E-state index contributed by atoms with van der Waals surface area (Å²) in [5.41, 5.74) is 4.90. The number of rotatable bonds is 3. The van der Waals surface area contributed by atoms with Crippen LogP contribution in [0.2, 0.25) is 0 Å². The fraction of sp³-hybridized carbons (Fsp3) is 0.364. The van der Waals surface area contributed by atoms with Crippen molar-refractivity contribution in [3.8, 4) is 0 Å². The molecule has 2 aliphatic rings. The van der Waals surface area contributed by atoms with Crippen LogP contribution in [-0.4, -0.2) is 43.1 Å². The fourth-order valence-corrected chi connectivity index (χ4v) is 4.51. The van der Waals surface area contributed by atoms with Crippen LogP contribution in [0, 0.1) is 0 Å². The van der Waals surface area contributed by atoms with Gasteiger partial charge in [0.1, 0.15) is 0 Å². The van der Waals surface area contributed by atoms with Crippen LogP contribution in [0.15, 0.2) is 47.6 Å². The van der Waals surface area contributed by atoms with Gasteiger partial charge in [0.25, 0.3) is 0 Å². The van der Waals surface area contributed by atoms with Crippen molar-refractivity contribution in [2.75, 3.05) is 23.4 Å². The van der Waals surface area contributed by atoms with E-state index in [1.54, 1.807) is 0 Å². The summed E-state index contributed by atoms with van der Waals surface area (Å²) in [6.45, 7) is 0.514. The van der Waals surface area contributed by atoms with Crippen molar-refractivity contribution in [3.05, 3.63) is 53.6 Å². The van der Waals surface area contributed by atoms with Gasteiger partial charge in [0.2, 0.25) is 0 Å². The summed E-state index contributed by atoms with van der Waals surface area (Å²) in [6, 6.07) is 13.1. The van der Waals surface area contributed by atoms with Crippen LogP contribution in [0.1, 0.15) is 30.0 Å².